The smallest absolute Gasteiger partial charge is 0.376 e. The zero-order chi connectivity index (χ0) is 22.8. The first-order chi connectivity index (χ1) is 16.0. The Morgan fingerprint density at radius 3 is 2.67 bits per heavy atom. The Morgan fingerprint density at radius 2 is 1.97 bits per heavy atom. The van der Waals surface area contributed by atoms with Crippen molar-refractivity contribution in [1.29, 1.82) is 0 Å². The Hall–Kier alpha value is -2.77. The van der Waals surface area contributed by atoms with Crippen LogP contribution in [0, 0.1) is 0 Å². The van der Waals surface area contributed by atoms with Gasteiger partial charge in [-0.25, -0.2) is 0 Å². The molecular weight excluding hydrogens is 475 g/mol. The molecule has 4 aromatic rings. The van der Waals surface area contributed by atoms with Gasteiger partial charge in [0, 0.05) is 6.61 Å². The van der Waals surface area contributed by atoms with E-state index in [1.807, 2.05) is 17.5 Å². The second kappa shape index (κ2) is 9.23. The van der Waals surface area contributed by atoms with E-state index in [1.54, 1.807) is 11.3 Å². The van der Waals surface area contributed by atoms with Crippen molar-refractivity contribution in [3.63, 3.8) is 0 Å². The third kappa shape index (κ3) is 4.80. The van der Waals surface area contributed by atoms with Crippen molar-refractivity contribution < 1.29 is 17.9 Å². The van der Waals surface area contributed by atoms with Gasteiger partial charge in [-0.3, -0.25) is 4.57 Å². The maximum absolute atomic E-state index is 12.9. The Morgan fingerprint density at radius 1 is 1.12 bits per heavy atom. The summed E-state index contributed by atoms with van der Waals surface area (Å²) in [5, 5.41) is 23.2. The van der Waals surface area contributed by atoms with E-state index < -0.39 is 11.7 Å². The minimum atomic E-state index is -4.40. The maximum atomic E-state index is 12.9. The third-order valence-corrected chi connectivity index (χ3v) is 7.00. The van der Waals surface area contributed by atoms with Crippen LogP contribution in [-0.2, 0) is 23.2 Å². The molecule has 1 saturated heterocycles. The fourth-order valence-electron chi connectivity index (χ4n) is 3.56. The minimum absolute atomic E-state index is 0.108. The Kier molecular flexibility index (Phi) is 6.17. The van der Waals surface area contributed by atoms with Crippen LogP contribution in [0.4, 0.5) is 13.2 Å². The van der Waals surface area contributed by atoms with Gasteiger partial charge in [0.25, 0.3) is 0 Å². The van der Waals surface area contributed by atoms with E-state index in [2.05, 4.69) is 30.3 Å². The second-order valence-electron chi connectivity index (χ2n) is 7.37. The summed E-state index contributed by atoms with van der Waals surface area (Å²) >= 11 is 3.01. The monoisotopic (exact) mass is 493 g/mol. The molecule has 33 heavy (non-hydrogen) atoms. The van der Waals surface area contributed by atoms with Gasteiger partial charge in [-0.15, -0.1) is 26.6 Å². The lowest BCUT2D eigenvalue weighted by Gasteiger charge is -2.14. The SMILES string of the molecule is FC(F)(F)c1ccc(-n2nnnc2CSc2nnc(-c3cccs3)n2CC2CCCO2)cc1. The lowest BCUT2D eigenvalue weighted by Crippen LogP contribution is -2.16. The summed E-state index contributed by atoms with van der Waals surface area (Å²) in [6.07, 6.45) is -2.27. The van der Waals surface area contributed by atoms with Gasteiger partial charge in [0.1, 0.15) is 0 Å². The van der Waals surface area contributed by atoms with Gasteiger partial charge in [0.05, 0.1) is 34.5 Å². The van der Waals surface area contributed by atoms with Crippen molar-refractivity contribution in [2.75, 3.05) is 6.61 Å². The summed E-state index contributed by atoms with van der Waals surface area (Å²) < 4.78 is 47.9. The fraction of sp³-hybridized carbons (Fsp3) is 0.350. The maximum Gasteiger partial charge on any atom is 0.416 e. The third-order valence-electron chi connectivity index (χ3n) is 5.17. The highest BCUT2D eigenvalue weighted by atomic mass is 32.2. The number of halogens is 3. The van der Waals surface area contributed by atoms with Gasteiger partial charge in [-0.2, -0.15) is 17.9 Å². The highest BCUT2D eigenvalue weighted by molar-refractivity contribution is 7.98. The molecule has 1 aliphatic rings. The predicted molar refractivity (Wildman–Crippen MR) is 116 cm³/mol. The van der Waals surface area contributed by atoms with E-state index in [4.69, 9.17) is 4.74 Å². The highest BCUT2D eigenvalue weighted by Gasteiger charge is 2.30. The number of rotatable bonds is 7. The van der Waals surface area contributed by atoms with Crippen LogP contribution in [0.5, 0.6) is 0 Å². The van der Waals surface area contributed by atoms with Gasteiger partial charge in [-0.05, 0) is 59.0 Å². The molecule has 0 saturated carbocycles. The average Bonchev–Trinajstić information content (AvgIpc) is 3.60. The summed E-state index contributed by atoms with van der Waals surface area (Å²) in [7, 11) is 0. The van der Waals surface area contributed by atoms with Crippen molar-refractivity contribution in [2.45, 2.75) is 42.6 Å². The molecule has 8 nitrogen and oxygen atoms in total. The fourth-order valence-corrected chi connectivity index (χ4v) is 5.13. The molecule has 3 aromatic heterocycles. The molecule has 1 unspecified atom stereocenters. The van der Waals surface area contributed by atoms with Crippen molar-refractivity contribution in [1.82, 2.24) is 35.0 Å². The molecule has 1 aliphatic heterocycles. The zero-order valence-electron chi connectivity index (χ0n) is 17.1. The lowest BCUT2D eigenvalue weighted by molar-refractivity contribution is -0.137. The molecule has 0 aliphatic carbocycles. The predicted octanol–water partition coefficient (Wildman–Crippen LogP) is 4.47. The topological polar surface area (TPSA) is 83.5 Å². The van der Waals surface area contributed by atoms with Crippen LogP contribution < -0.4 is 0 Å². The van der Waals surface area contributed by atoms with Crippen LogP contribution in [-0.4, -0.2) is 47.7 Å². The van der Waals surface area contributed by atoms with Gasteiger partial charge in [0.2, 0.25) is 0 Å². The van der Waals surface area contributed by atoms with E-state index >= 15 is 0 Å². The molecule has 1 fully saturated rings. The van der Waals surface area contributed by atoms with Crippen LogP contribution >= 0.6 is 23.1 Å². The van der Waals surface area contributed by atoms with E-state index in [0.29, 0.717) is 29.0 Å². The van der Waals surface area contributed by atoms with Crippen LogP contribution in [0.1, 0.15) is 24.2 Å². The van der Waals surface area contributed by atoms with Gasteiger partial charge < -0.3 is 4.74 Å². The summed E-state index contributed by atoms with van der Waals surface area (Å²) in [6.45, 7) is 1.40. The molecule has 0 N–H and O–H groups in total. The molecule has 13 heteroatoms. The quantitative estimate of drug-likeness (QED) is 0.351. The molecule has 0 bridgehead atoms. The molecule has 0 radical (unpaired) electrons. The number of benzene rings is 1. The Bertz CT molecular complexity index is 1200. The molecule has 0 amide bonds. The van der Waals surface area contributed by atoms with Crippen molar-refractivity contribution >= 4 is 23.1 Å². The van der Waals surface area contributed by atoms with Gasteiger partial charge >= 0.3 is 6.18 Å². The first-order valence-corrected chi connectivity index (χ1v) is 12.0. The molecular formula is C20H18F3N7OS2. The molecule has 1 atom stereocenters. The summed E-state index contributed by atoms with van der Waals surface area (Å²) in [5.41, 5.74) is -0.276. The van der Waals surface area contributed by atoms with E-state index in [1.165, 1.54) is 28.6 Å². The van der Waals surface area contributed by atoms with Crippen molar-refractivity contribution in [3.8, 4) is 16.4 Å². The first-order valence-electron chi connectivity index (χ1n) is 10.2. The summed E-state index contributed by atoms with van der Waals surface area (Å²) in [6, 6.07) is 8.69. The van der Waals surface area contributed by atoms with Crippen LogP contribution in [0.2, 0.25) is 0 Å². The first kappa shape index (κ1) is 22.0. The standard InChI is InChI=1S/C20H18F3N7OS2/c21-20(22,23)13-5-7-14(8-6-13)30-17(24-27-28-30)12-33-19-26-25-18(16-4-2-10-32-16)29(19)11-15-3-1-9-31-15/h2,4-8,10,15H,1,3,9,11-12H2. The van der Waals surface area contributed by atoms with Gasteiger partial charge in [-0.1, -0.05) is 17.8 Å². The molecule has 172 valence electrons. The van der Waals surface area contributed by atoms with Crippen LogP contribution in [0.15, 0.2) is 46.9 Å². The Labute approximate surface area is 194 Å². The zero-order valence-corrected chi connectivity index (χ0v) is 18.8. The highest BCUT2D eigenvalue weighted by Crippen LogP contribution is 2.31. The van der Waals surface area contributed by atoms with Crippen LogP contribution in [0.3, 0.4) is 0 Å². The molecule has 4 heterocycles. The van der Waals surface area contributed by atoms with Crippen molar-refractivity contribution in [2.24, 2.45) is 0 Å². The van der Waals surface area contributed by atoms with E-state index in [-0.39, 0.29) is 6.10 Å². The second-order valence-corrected chi connectivity index (χ2v) is 9.26. The number of nitrogens with zero attached hydrogens (tertiary/aromatic N) is 7. The number of thiophene rings is 1. The number of alkyl halides is 3. The average molecular weight is 494 g/mol. The van der Waals surface area contributed by atoms with Crippen molar-refractivity contribution in [3.05, 3.63) is 53.2 Å². The minimum Gasteiger partial charge on any atom is -0.376 e. The van der Waals surface area contributed by atoms with E-state index in [0.717, 1.165) is 42.3 Å². The number of hydrogen-bond acceptors (Lipinski definition) is 8. The largest absolute Gasteiger partial charge is 0.416 e. The molecule has 5 rings (SSSR count). The normalized spacial score (nSPS) is 16.5. The number of ether oxygens (including phenoxy) is 1. The van der Waals surface area contributed by atoms with E-state index in [9.17, 15) is 13.2 Å². The van der Waals surface area contributed by atoms with Crippen LogP contribution in [0.25, 0.3) is 16.4 Å². The number of aromatic nitrogens is 7. The molecule has 0 spiro atoms. The number of thioether (sulfide) groups is 1. The summed E-state index contributed by atoms with van der Waals surface area (Å²) in [5.74, 6) is 1.64. The van der Waals surface area contributed by atoms with Gasteiger partial charge in [0.15, 0.2) is 16.8 Å². The summed E-state index contributed by atoms with van der Waals surface area (Å²) in [4.78, 5) is 1.02. The lowest BCUT2D eigenvalue weighted by atomic mass is 10.2. The number of tetrazole rings is 1. The molecule has 1 aromatic carbocycles. The number of hydrogen-bond donors (Lipinski definition) is 0. The Balaban J connectivity index is 1.37.